The van der Waals surface area contributed by atoms with Crippen molar-refractivity contribution in [2.75, 3.05) is 7.11 Å². The molecule has 1 unspecified atom stereocenters. The molecule has 1 aliphatic rings. The first-order valence-corrected chi connectivity index (χ1v) is 6.68. The smallest absolute Gasteiger partial charge is 0.118 e. The number of ether oxygens (including phenoxy) is 1. The van der Waals surface area contributed by atoms with Gasteiger partial charge in [0.05, 0.1) is 7.11 Å². The van der Waals surface area contributed by atoms with E-state index in [0.29, 0.717) is 6.04 Å². The molecule has 2 N–H and O–H groups in total. The van der Waals surface area contributed by atoms with Gasteiger partial charge >= 0.3 is 0 Å². The lowest BCUT2D eigenvalue weighted by molar-refractivity contribution is 0.303. The number of benzene rings is 1. The molecular formula is C15H23NO. The Balaban J connectivity index is 1.89. The predicted molar refractivity (Wildman–Crippen MR) is 71.2 cm³/mol. The van der Waals surface area contributed by atoms with Crippen LogP contribution in [0, 0.1) is 5.92 Å². The highest BCUT2D eigenvalue weighted by Crippen LogP contribution is 2.27. The zero-order chi connectivity index (χ0) is 12.1. The van der Waals surface area contributed by atoms with Crippen molar-refractivity contribution < 1.29 is 4.74 Å². The van der Waals surface area contributed by atoms with E-state index >= 15 is 0 Å². The summed E-state index contributed by atoms with van der Waals surface area (Å²) in [5.41, 5.74) is 7.64. The Morgan fingerprint density at radius 2 is 1.82 bits per heavy atom. The lowest BCUT2D eigenvalue weighted by Crippen LogP contribution is -2.33. The molecule has 2 heteroatoms. The maximum absolute atomic E-state index is 6.32. The molecule has 0 bridgehead atoms. The molecule has 0 aromatic heterocycles. The van der Waals surface area contributed by atoms with Crippen LogP contribution in [0.1, 0.15) is 37.7 Å². The summed E-state index contributed by atoms with van der Waals surface area (Å²) in [6, 6.07) is 8.61. The van der Waals surface area contributed by atoms with E-state index in [1.54, 1.807) is 7.11 Å². The largest absolute Gasteiger partial charge is 0.497 e. The summed E-state index contributed by atoms with van der Waals surface area (Å²) in [6.45, 7) is 0. The third-order valence-corrected chi connectivity index (χ3v) is 3.89. The average Bonchev–Trinajstić information content (AvgIpc) is 2.40. The van der Waals surface area contributed by atoms with Crippen molar-refractivity contribution in [3.05, 3.63) is 29.8 Å². The highest BCUT2D eigenvalue weighted by molar-refractivity contribution is 5.27. The highest BCUT2D eigenvalue weighted by atomic mass is 16.5. The normalized spacial score (nSPS) is 18.9. The molecule has 17 heavy (non-hydrogen) atoms. The van der Waals surface area contributed by atoms with Crippen LogP contribution in [0.5, 0.6) is 5.75 Å². The molecule has 0 heterocycles. The van der Waals surface area contributed by atoms with Gasteiger partial charge in [-0.2, -0.15) is 0 Å². The molecule has 2 nitrogen and oxygen atoms in total. The zero-order valence-corrected chi connectivity index (χ0v) is 10.7. The van der Waals surface area contributed by atoms with Gasteiger partial charge in [0, 0.05) is 6.04 Å². The van der Waals surface area contributed by atoms with Crippen LogP contribution >= 0.6 is 0 Å². The quantitative estimate of drug-likeness (QED) is 0.867. The van der Waals surface area contributed by atoms with Gasteiger partial charge in [0.2, 0.25) is 0 Å². The molecule has 1 atom stereocenters. The lowest BCUT2D eigenvalue weighted by Gasteiger charge is -2.27. The second-order valence-electron chi connectivity index (χ2n) is 5.11. The Hall–Kier alpha value is -1.02. The van der Waals surface area contributed by atoms with Crippen molar-refractivity contribution >= 4 is 0 Å². The van der Waals surface area contributed by atoms with Gasteiger partial charge in [-0.15, -0.1) is 0 Å². The van der Waals surface area contributed by atoms with E-state index in [9.17, 15) is 0 Å². The molecule has 94 valence electrons. The van der Waals surface area contributed by atoms with Gasteiger partial charge in [-0.3, -0.25) is 0 Å². The van der Waals surface area contributed by atoms with Gasteiger partial charge < -0.3 is 10.5 Å². The lowest BCUT2D eigenvalue weighted by atomic mass is 9.82. The second kappa shape index (κ2) is 6.06. The molecule has 0 aliphatic heterocycles. The van der Waals surface area contributed by atoms with Crippen LogP contribution in [0.25, 0.3) is 0 Å². The van der Waals surface area contributed by atoms with Crippen LogP contribution in [0.4, 0.5) is 0 Å². The minimum absolute atomic E-state index is 0.323. The number of nitrogens with two attached hydrogens (primary N) is 1. The van der Waals surface area contributed by atoms with Crippen molar-refractivity contribution in [3.8, 4) is 5.75 Å². The molecular weight excluding hydrogens is 210 g/mol. The summed E-state index contributed by atoms with van der Waals surface area (Å²) >= 11 is 0. The van der Waals surface area contributed by atoms with Crippen LogP contribution in [0.15, 0.2) is 24.3 Å². The summed E-state index contributed by atoms with van der Waals surface area (Å²) < 4.78 is 5.16. The fraction of sp³-hybridized carbons (Fsp3) is 0.600. The third-order valence-electron chi connectivity index (χ3n) is 3.89. The minimum Gasteiger partial charge on any atom is -0.497 e. The molecule has 0 radical (unpaired) electrons. The topological polar surface area (TPSA) is 35.2 Å². The highest BCUT2D eigenvalue weighted by Gasteiger charge is 2.20. The monoisotopic (exact) mass is 233 g/mol. The van der Waals surface area contributed by atoms with Crippen LogP contribution in [-0.2, 0) is 6.42 Å². The Morgan fingerprint density at radius 3 is 2.41 bits per heavy atom. The SMILES string of the molecule is COc1ccc(CC(N)C2CCCCC2)cc1. The van der Waals surface area contributed by atoms with Gasteiger partial charge in [0.25, 0.3) is 0 Å². The standard InChI is InChI=1S/C15H23NO/c1-17-14-9-7-12(8-10-14)11-15(16)13-5-3-2-4-6-13/h7-10,13,15H,2-6,11,16H2,1H3. The predicted octanol–water partition coefficient (Wildman–Crippen LogP) is 3.15. The van der Waals surface area contributed by atoms with E-state index in [0.717, 1.165) is 18.1 Å². The first-order valence-electron chi connectivity index (χ1n) is 6.68. The summed E-state index contributed by atoms with van der Waals surface area (Å²) in [5, 5.41) is 0. The summed E-state index contributed by atoms with van der Waals surface area (Å²) in [7, 11) is 1.70. The molecule has 1 saturated carbocycles. The summed E-state index contributed by atoms with van der Waals surface area (Å²) in [6.07, 6.45) is 7.75. The molecule has 2 rings (SSSR count). The Bertz CT molecular complexity index is 327. The van der Waals surface area contributed by atoms with Crippen molar-refractivity contribution in [3.63, 3.8) is 0 Å². The van der Waals surface area contributed by atoms with E-state index in [1.165, 1.54) is 37.7 Å². The molecule has 1 aliphatic carbocycles. The first kappa shape index (κ1) is 12.4. The maximum Gasteiger partial charge on any atom is 0.118 e. The van der Waals surface area contributed by atoms with E-state index < -0.39 is 0 Å². The van der Waals surface area contributed by atoms with Gasteiger partial charge in [-0.1, -0.05) is 31.4 Å². The van der Waals surface area contributed by atoms with Crippen molar-refractivity contribution in [2.24, 2.45) is 11.7 Å². The van der Waals surface area contributed by atoms with Crippen molar-refractivity contribution in [1.82, 2.24) is 0 Å². The first-order chi connectivity index (χ1) is 8.29. The van der Waals surface area contributed by atoms with Gasteiger partial charge in [0.15, 0.2) is 0 Å². The van der Waals surface area contributed by atoms with Crippen LogP contribution in [0.3, 0.4) is 0 Å². The van der Waals surface area contributed by atoms with Crippen LogP contribution < -0.4 is 10.5 Å². The van der Waals surface area contributed by atoms with E-state index in [-0.39, 0.29) is 0 Å². The van der Waals surface area contributed by atoms with E-state index in [4.69, 9.17) is 10.5 Å². The Kier molecular flexibility index (Phi) is 4.43. The molecule has 1 fully saturated rings. The van der Waals surface area contributed by atoms with Gasteiger partial charge in [-0.25, -0.2) is 0 Å². The Labute approximate surface area is 104 Å². The number of hydrogen-bond acceptors (Lipinski definition) is 2. The van der Waals surface area contributed by atoms with Crippen LogP contribution in [0.2, 0.25) is 0 Å². The van der Waals surface area contributed by atoms with Gasteiger partial charge in [-0.05, 0) is 42.9 Å². The van der Waals surface area contributed by atoms with E-state index in [2.05, 4.69) is 12.1 Å². The zero-order valence-electron chi connectivity index (χ0n) is 10.7. The third kappa shape index (κ3) is 3.47. The molecule has 0 saturated heterocycles. The van der Waals surface area contributed by atoms with Crippen molar-refractivity contribution in [2.45, 2.75) is 44.6 Å². The fourth-order valence-electron chi connectivity index (χ4n) is 2.76. The number of hydrogen-bond donors (Lipinski definition) is 1. The molecule has 1 aromatic carbocycles. The van der Waals surface area contributed by atoms with E-state index in [1.807, 2.05) is 12.1 Å². The molecule has 0 spiro atoms. The maximum atomic E-state index is 6.32. The summed E-state index contributed by atoms with van der Waals surface area (Å²) in [5.74, 6) is 1.64. The molecule has 1 aromatic rings. The average molecular weight is 233 g/mol. The van der Waals surface area contributed by atoms with Crippen LogP contribution in [-0.4, -0.2) is 13.2 Å². The van der Waals surface area contributed by atoms with Crippen molar-refractivity contribution in [1.29, 1.82) is 0 Å². The summed E-state index contributed by atoms with van der Waals surface area (Å²) in [4.78, 5) is 0. The molecule has 0 amide bonds. The number of rotatable bonds is 4. The minimum atomic E-state index is 0.323. The van der Waals surface area contributed by atoms with Gasteiger partial charge in [0.1, 0.15) is 5.75 Å². The number of methoxy groups -OCH3 is 1. The Morgan fingerprint density at radius 1 is 1.18 bits per heavy atom. The fourth-order valence-corrected chi connectivity index (χ4v) is 2.76. The second-order valence-corrected chi connectivity index (χ2v) is 5.11.